The number of rotatable bonds is 1. The maximum Gasteiger partial charge on any atom is 0.0581 e. The SMILES string of the molecule is CC[C@@H]1C=CC[C@@H](C)OC1. The third kappa shape index (κ3) is 2.14. The zero-order valence-electron chi connectivity index (χ0n) is 6.84. The van der Waals surface area contributed by atoms with Crippen LogP contribution in [0.15, 0.2) is 12.2 Å². The van der Waals surface area contributed by atoms with Gasteiger partial charge in [-0.2, -0.15) is 0 Å². The Labute approximate surface area is 63.1 Å². The second-order valence-electron chi connectivity index (χ2n) is 2.98. The van der Waals surface area contributed by atoms with Crippen molar-refractivity contribution >= 4 is 0 Å². The Hall–Kier alpha value is -0.300. The Kier molecular flexibility index (Phi) is 2.94. The van der Waals surface area contributed by atoms with E-state index in [0.29, 0.717) is 12.0 Å². The third-order valence-electron chi connectivity index (χ3n) is 2.00. The fourth-order valence-corrected chi connectivity index (χ4v) is 1.13. The maximum atomic E-state index is 5.54. The Bertz CT molecular complexity index is 118. The molecule has 0 saturated heterocycles. The predicted octanol–water partition coefficient (Wildman–Crippen LogP) is 2.38. The van der Waals surface area contributed by atoms with Gasteiger partial charge >= 0.3 is 0 Å². The summed E-state index contributed by atoms with van der Waals surface area (Å²) < 4.78 is 5.54. The van der Waals surface area contributed by atoms with Crippen LogP contribution in [0.25, 0.3) is 0 Å². The molecule has 1 nitrogen and oxygen atoms in total. The maximum absolute atomic E-state index is 5.54. The Morgan fingerprint density at radius 2 is 2.40 bits per heavy atom. The summed E-state index contributed by atoms with van der Waals surface area (Å²) in [4.78, 5) is 0. The molecule has 0 radical (unpaired) electrons. The quantitative estimate of drug-likeness (QED) is 0.508. The molecular weight excluding hydrogens is 124 g/mol. The van der Waals surface area contributed by atoms with Gasteiger partial charge in [0.25, 0.3) is 0 Å². The standard InChI is InChI=1S/C9H16O/c1-3-9-6-4-5-8(2)10-7-9/h4,6,8-9H,3,5,7H2,1-2H3/t8-,9-/m1/s1. The van der Waals surface area contributed by atoms with Crippen molar-refractivity contribution in [1.29, 1.82) is 0 Å². The molecule has 0 N–H and O–H groups in total. The zero-order valence-corrected chi connectivity index (χ0v) is 6.84. The average Bonchev–Trinajstić information content (AvgIpc) is 2.14. The molecule has 1 heterocycles. The van der Waals surface area contributed by atoms with Crippen LogP contribution < -0.4 is 0 Å². The van der Waals surface area contributed by atoms with Crippen molar-refractivity contribution in [3.8, 4) is 0 Å². The van der Waals surface area contributed by atoms with E-state index in [1.165, 1.54) is 6.42 Å². The molecular formula is C9H16O. The summed E-state index contributed by atoms with van der Waals surface area (Å²) in [6.07, 6.45) is 7.22. The van der Waals surface area contributed by atoms with E-state index in [1.54, 1.807) is 0 Å². The first-order valence-corrected chi connectivity index (χ1v) is 4.11. The van der Waals surface area contributed by atoms with E-state index in [0.717, 1.165) is 13.0 Å². The van der Waals surface area contributed by atoms with Crippen molar-refractivity contribution < 1.29 is 4.74 Å². The molecule has 0 aromatic carbocycles. The Balaban J connectivity index is 2.38. The van der Waals surface area contributed by atoms with Crippen molar-refractivity contribution in [2.24, 2.45) is 5.92 Å². The summed E-state index contributed by atoms with van der Waals surface area (Å²) in [5.41, 5.74) is 0. The van der Waals surface area contributed by atoms with E-state index >= 15 is 0 Å². The van der Waals surface area contributed by atoms with Gasteiger partial charge in [0.05, 0.1) is 12.7 Å². The molecule has 0 fully saturated rings. The first-order valence-electron chi connectivity index (χ1n) is 4.11. The molecule has 1 aliphatic rings. The third-order valence-corrected chi connectivity index (χ3v) is 2.00. The lowest BCUT2D eigenvalue weighted by atomic mass is 10.1. The minimum Gasteiger partial charge on any atom is -0.378 e. The molecule has 1 rings (SSSR count). The molecule has 10 heavy (non-hydrogen) atoms. The number of ether oxygens (including phenoxy) is 1. The van der Waals surface area contributed by atoms with Crippen molar-refractivity contribution in [2.75, 3.05) is 6.61 Å². The molecule has 0 aliphatic carbocycles. The first-order chi connectivity index (χ1) is 4.83. The topological polar surface area (TPSA) is 9.23 Å². The largest absolute Gasteiger partial charge is 0.378 e. The van der Waals surface area contributed by atoms with Crippen LogP contribution in [0, 0.1) is 5.92 Å². The second kappa shape index (κ2) is 3.77. The second-order valence-corrected chi connectivity index (χ2v) is 2.98. The van der Waals surface area contributed by atoms with E-state index in [1.807, 2.05) is 0 Å². The van der Waals surface area contributed by atoms with E-state index in [9.17, 15) is 0 Å². The highest BCUT2D eigenvalue weighted by molar-refractivity contribution is 4.91. The highest BCUT2D eigenvalue weighted by Gasteiger charge is 2.08. The van der Waals surface area contributed by atoms with E-state index < -0.39 is 0 Å². The highest BCUT2D eigenvalue weighted by atomic mass is 16.5. The first kappa shape index (κ1) is 7.80. The van der Waals surface area contributed by atoms with Crippen LogP contribution in [0.1, 0.15) is 26.7 Å². The summed E-state index contributed by atoms with van der Waals surface area (Å²) in [7, 11) is 0. The van der Waals surface area contributed by atoms with Crippen LogP contribution >= 0.6 is 0 Å². The van der Waals surface area contributed by atoms with Gasteiger partial charge in [-0.25, -0.2) is 0 Å². The highest BCUT2D eigenvalue weighted by Crippen LogP contribution is 2.13. The van der Waals surface area contributed by atoms with Gasteiger partial charge in [0.15, 0.2) is 0 Å². The summed E-state index contributed by atoms with van der Waals surface area (Å²) in [5, 5.41) is 0. The normalized spacial score (nSPS) is 33.8. The van der Waals surface area contributed by atoms with Gasteiger partial charge in [-0.3, -0.25) is 0 Å². The molecule has 0 saturated carbocycles. The van der Waals surface area contributed by atoms with Crippen LogP contribution in [0.2, 0.25) is 0 Å². The van der Waals surface area contributed by atoms with Gasteiger partial charge in [0.1, 0.15) is 0 Å². The Morgan fingerprint density at radius 3 is 3.10 bits per heavy atom. The lowest BCUT2D eigenvalue weighted by Gasteiger charge is -2.10. The van der Waals surface area contributed by atoms with Crippen LogP contribution in [0.3, 0.4) is 0 Å². The zero-order chi connectivity index (χ0) is 7.40. The fraction of sp³-hybridized carbons (Fsp3) is 0.778. The predicted molar refractivity (Wildman–Crippen MR) is 43.0 cm³/mol. The van der Waals surface area contributed by atoms with Crippen molar-refractivity contribution in [1.82, 2.24) is 0 Å². The van der Waals surface area contributed by atoms with Crippen molar-refractivity contribution in [3.63, 3.8) is 0 Å². The van der Waals surface area contributed by atoms with Crippen LogP contribution in [-0.2, 0) is 4.74 Å². The summed E-state index contributed by atoms with van der Waals surface area (Å²) in [5.74, 6) is 0.657. The van der Waals surface area contributed by atoms with Gasteiger partial charge in [-0.05, 0) is 25.7 Å². The van der Waals surface area contributed by atoms with Crippen LogP contribution in [0.4, 0.5) is 0 Å². The average molecular weight is 140 g/mol. The van der Waals surface area contributed by atoms with Crippen molar-refractivity contribution in [3.05, 3.63) is 12.2 Å². The summed E-state index contributed by atoms with van der Waals surface area (Å²) >= 11 is 0. The van der Waals surface area contributed by atoms with Crippen LogP contribution in [0.5, 0.6) is 0 Å². The fourth-order valence-electron chi connectivity index (χ4n) is 1.13. The molecule has 0 aromatic rings. The van der Waals surface area contributed by atoms with Gasteiger partial charge in [0.2, 0.25) is 0 Å². The monoisotopic (exact) mass is 140 g/mol. The molecule has 1 heteroatoms. The molecule has 0 amide bonds. The molecule has 2 atom stereocenters. The molecule has 0 unspecified atom stereocenters. The van der Waals surface area contributed by atoms with E-state index in [-0.39, 0.29) is 0 Å². The molecule has 58 valence electrons. The Morgan fingerprint density at radius 1 is 1.60 bits per heavy atom. The lowest BCUT2D eigenvalue weighted by molar-refractivity contribution is 0.0562. The molecule has 0 spiro atoms. The number of hydrogen-bond acceptors (Lipinski definition) is 1. The summed E-state index contributed by atoms with van der Waals surface area (Å²) in [6.45, 7) is 5.24. The number of hydrogen-bond donors (Lipinski definition) is 0. The lowest BCUT2D eigenvalue weighted by Crippen LogP contribution is -2.10. The van der Waals surface area contributed by atoms with E-state index in [4.69, 9.17) is 4.74 Å². The molecule has 0 aromatic heterocycles. The summed E-state index contributed by atoms with van der Waals surface area (Å²) in [6, 6.07) is 0. The van der Waals surface area contributed by atoms with E-state index in [2.05, 4.69) is 26.0 Å². The smallest absolute Gasteiger partial charge is 0.0581 e. The van der Waals surface area contributed by atoms with Crippen LogP contribution in [-0.4, -0.2) is 12.7 Å². The van der Waals surface area contributed by atoms with Gasteiger partial charge in [-0.15, -0.1) is 0 Å². The molecule has 0 bridgehead atoms. The van der Waals surface area contributed by atoms with Gasteiger partial charge in [-0.1, -0.05) is 19.1 Å². The minimum atomic E-state index is 0.424. The molecule has 1 aliphatic heterocycles. The van der Waals surface area contributed by atoms with Gasteiger partial charge in [0, 0.05) is 0 Å². The minimum absolute atomic E-state index is 0.424. The van der Waals surface area contributed by atoms with Crippen molar-refractivity contribution in [2.45, 2.75) is 32.8 Å². The van der Waals surface area contributed by atoms with Gasteiger partial charge < -0.3 is 4.74 Å².